The summed E-state index contributed by atoms with van der Waals surface area (Å²) in [6.45, 7) is 2.19. The number of thiophene rings is 1. The van der Waals surface area contributed by atoms with E-state index in [0.717, 1.165) is 10.7 Å². The molecular formula is C22H30N4O4S2. The van der Waals surface area contributed by atoms with Crippen LogP contribution in [0, 0.1) is 5.92 Å². The molecule has 1 aliphatic rings. The number of benzene rings is 1. The Hall–Kier alpha value is -2.27. The van der Waals surface area contributed by atoms with Crippen molar-refractivity contribution in [2.45, 2.75) is 24.2 Å². The van der Waals surface area contributed by atoms with Crippen LogP contribution in [0.5, 0.6) is 0 Å². The number of sulfonamides is 1. The standard InChI is InChI=1S/C22H30N4O4S2/c1-25(2)32(29,30)20-7-3-5-18(15-20)24-21(27)16-26-12-9-17(10-13-26)22(28)23-11-8-19-6-4-14-31-19/h3-7,14-15,17H,8-13,16H2,1-2H3,(H,23,28)(H,24,27). The number of piperidine rings is 1. The van der Waals surface area contributed by atoms with Crippen molar-refractivity contribution >= 4 is 38.9 Å². The van der Waals surface area contributed by atoms with Crippen LogP contribution in [0.4, 0.5) is 5.69 Å². The van der Waals surface area contributed by atoms with E-state index >= 15 is 0 Å². The molecule has 174 valence electrons. The van der Waals surface area contributed by atoms with E-state index in [0.29, 0.717) is 38.2 Å². The second kappa shape index (κ2) is 11.0. The highest BCUT2D eigenvalue weighted by molar-refractivity contribution is 7.89. The highest BCUT2D eigenvalue weighted by Crippen LogP contribution is 2.19. The average molecular weight is 479 g/mol. The van der Waals surface area contributed by atoms with Crippen molar-refractivity contribution in [1.29, 1.82) is 0 Å². The summed E-state index contributed by atoms with van der Waals surface area (Å²) in [7, 11) is -0.629. The van der Waals surface area contributed by atoms with Gasteiger partial charge in [0.05, 0.1) is 11.4 Å². The topological polar surface area (TPSA) is 98.8 Å². The second-order valence-electron chi connectivity index (χ2n) is 8.03. The van der Waals surface area contributed by atoms with Crippen LogP contribution < -0.4 is 10.6 Å². The first-order valence-electron chi connectivity index (χ1n) is 10.6. The summed E-state index contributed by atoms with van der Waals surface area (Å²) in [4.78, 5) is 28.3. The van der Waals surface area contributed by atoms with Gasteiger partial charge < -0.3 is 10.6 Å². The molecule has 0 unspecified atom stereocenters. The molecule has 1 aromatic heterocycles. The number of amides is 2. The molecule has 0 spiro atoms. The van der Waals surface area contributed by atoms with Crippen molar-refractivity contribution < 1.29 is 18.0 Å². The van der Waals surface area contributed by atoms with E-state index in [-0.39, 0.29) is 29.2 Å². The number of nitrogens with one attached hydrogen (secondary N) is 2. The molecule has 2 heterocycles. The van der Waals surface area contributed by atoms with E-state index in [1.807, 2.05) is 16.3 Å². The number of carbonyl (C=O) groups excluding carboxylic acids is 2. The normalized spacial score (nSPS) is 15.6. The van der Waals surface area contributed by atoms with Crippen LogP contribution in [-0.4, -0.2) is 69.7 Å². The van der Waals surface area contributed by atoms with Gasteiger partial charge >= 0.3 is 0 Å². The van der Waals surface area contributed by atoms with E-state index in [2.05, 4.69) is 16.7 Å². The van der Waals surface area contributed by atoms with Crippen molar-refractivity contribution in [3.63, 3.8) is 0 Å². The van der Waals surface area contributed by atoms with Crippen LogP contribution in [-0.2, 0) is 26.0 Å². The van der Waals surface area contributed by atoms with E-state index in [1.54, 1.807) is 23.5 Å². The molecule has 2 amide bonds. The van der Waals surface area contributed by atoms with E-state index in [1.165, 1.54) is 31.1 Å². The second-order valence-corrected chi connectivity index (χ2v) is 11.2. The third-order valence-corrected chi connectivity index (χ3v) is 8.22. The first-order chi connectivity index (χ1) is 15.3. The first-order valence-corrected chi connectivity index (χ1v) is 12.9. The maximum Gasteiger partial charge on any atom is 0.242 e. The van der Waals surface area contributed by atoms with Gasteiger partial charge in [0, 0.05) is 37.1 Å². The van der Waals surface area contributed by atoms with E-state index < -0.39 is 10.0 Å². The fourth-order valence-electron chi connectivity index (χ4n) is 3.61. The Balaban J connectivity index is 1.42. The SMILES string of the molecule is CN(C)S(=O)(=O)c1cccc(NC(=O)CN2CCC(C(=O)NCCc3cccs3)CC2)c1. The number of hydrogen-bond donors (Lipinski definition) is 2. The summed E-state index contributed by atoms with van der Waals surface area (Å²) < 4.78 is 25.7. The summed E-state index contributed by atoms with van der Waals surface area (Å²) in [6, 6.07) is 10.3. The average Bonchev–Trinajstić information content (AvgIpc) is 3.27. The molecule has 0 atom stereocenters. The summed E-state index contributed by atoms with van der Waals surface area (Å²) in [6.07, 6.45) is 2.28. The third kappa shape index (κ3) is 6.61. The van der Waals surface area contributed by atoms with Crippen LogP contribution in [0.15, 0.2) is 46.7 Å². The summed E-state index contributed by atoms with van der Waals surface area (Å²) in [5.41, 5.74) is 0.443. The molecule has 2 aromatic rings. The van der Waals surface area contributed by atoms with E-state index in [4.69, 9.17) is 0 Å². The molecule has 1 fully saturated rings. The zero-order chi connectivity index (χ0) is 23.1. The number of nitrogens with zero attached hydrogens (tertiary/aromatic N) is 2. The first kappa shape index (κ1) is 24.4. The summed E-state index contributed by atoms with van der Waals surface area (Å²) in [5, 5.41) is 7.83. The highest BCUT2D eigenvalue weighted by Gasteiger charge is 2.26. The molecule has 1 saturated heterocycles. The van der Waals surface area contributed by atoms with Crippen molar-refractivity contribution in [3.05, 3.63) is 46.7 Å². The summed E-state index contributed by atoms with van der Waals surface area (Å²) in [5.74, 6) is -0.140. The Kier molecular flexibility index (Phi) is 8.41. The van der Waals surface area contributed by atoms with Gasteiger partial charge in [-0.1, -0.05) is 12.1 Å². The van der Waals surface area contributed by atoms with Crippen LogP contribution in [0.2, 0.25) is 0 Å². The molecule has 0 saturated carbocycles. The van der Waals surface area contributed by atoms with Crippen molar-refractivity contribution in [3.8, 4) is 0 Å². The van der Waals surface area contributed by atoms with Gasteiger partial charge in [-0.15, -0.1) is 11.3 Å². The molecular weight excluding hydrogens is 448 g/mol. The molecule has 0 aliphatic carbocycles. The smallest absolute Gasteiger partial charge is 0.242 e. The molecule has 0 radical (unpaired) electrons. The highest BCUT2D eigenvalue weighted by atomic mass is 32.2. The van der Waals surface area contributed by atoms with Gasteiger partial charge in [0.2, 0.25) is 21.8 Å². The lowest BCUT2D eigenvalue weighted by Crippen LogP contribution is -2.43. The molecule has 0 bridgehead atoms. The van der Waals surface area contributed by atoms with Crippen LogP contribution in [0.1, 0.15) is 17.7 Å². The maximum atomic E-state index is 12.5. The predicted molar refractivity (Wildman–Crippen MR) is 126 cm³/mol. The minimum atomic E-state index is -3.56. The monoisotopic (exact) mass is 478 g/mol. The number of hydrogen-bond acceptors (Lipinski definition) is 6. The quantitative estimate of drug-likeness (QED) is 0.575. The van der Waals surface area contributed by atoms with E-state index in [9.17, 15) is 18.0 Å². The Morgan fingerprint density at radius 3 is 2.56 bits per heavy atom. The lowest BCUT2D eigenvalue weighted by molar-refractivity contribution is -0.126. The number of rotatable bonds is 9. The Morgan fingerprint density at radius 2 is 1.91 bits per heavy atom. The Morgan fingerprint density at radius 1 is 1.16 bits per heavy atom. The van der Waals surface area contributed by atoms with Gasteiger partial charge in [0.15, 0.2) is 0 Å². The Labute approximate surface area is 193 Å². The van der Waals surface area contributed by atoms with Gasteiger partial charge in [0.1, 0.15) is 0 Å². The van der Waals surface area contributed by atoms with Gasteiger partial charge in [-0.05, 0) is 62.0 Å². The lowest BCUT2D eigenvalue weighted by atomic mass is 9.96. The predicted octanol–water partition coefficient (Wildman–Crippen LogP) is 2.01. The number of carbonyl (C=O) groups is 2. The molecule has 32 heavy (non-hydrogen) atoms. The van der Waals surface area contributed by atoms with Gasteiger partial charge in [-0.3, -0.25) is 14.5 Å². The lowest BCUT2D eigenvalue weighted by Gasteiger charge is -2.30. The van der Waals surface area contributed by atoms with Crippen LogP contribution in [0.3, 0.4) is 0 Å². The van der Waals surface area contributed by atoms with Crippen LogP contribution >= 0.6 is 11.3 Å². The van der Waals surface area contributed by atoms with Crippen LogP contribution in [0.25, 0.3) is 0 Å². The minimum absolute atomic E-state index is 0.0226. The van der Waals surface area contributed by atoms with Gasteiger partial charge in [-0.2, -0.15) is 0 Å². The molecule has 2 N–H and O–H groups in total. The maximum absolute atomic E-state index is 12.5. The fraction of sp³-hybridized carbons (Fsp3) is 0.455. The fourth-order valence-corrected chi connectivity index (χ4v) is 5.27. The number of likely N-dealkylation sites (tertiary alicyclic amines) is 1. The molecule has 3 rings (SSSR count). The largest absolute Gasteiger partial charge is 0.355 e. The molecule has 8 nitrogen and oxygen atoms in total. The molecule has 1 aliphatic heterocycles. The Bertz CT molecular complexity index is 1010. The zero-order valence-corrected chi connectivity index (χ0v) is 20.0. The third-order valence-electron chi connectivity index (χ3n) is 5.47. The molecule has 10 heteroatoms. The van der Waals surface area contributed by atoms with Crippen molar-refractivity contribution in [1.82, 2.24) is 14.5 Å². The van der Waals surface area contributed by atoms with Crippen molar-refractivity contribution in [2.24, 2.45) is 5.92 Å². The molecule has 1 aromatic carbocycles. The van der Waals surface area contributed by atoms with Crippen molar-refractivity contribution in [2.75, 3.05) is 45.6 Å². The van der Waals surface area contributed by atoms with Gasteiger partial charge in [0.25, 0.3) is 0 Å². The summed E-state index contributed by atoms with van der Waals surface area (Å²) >= 11 is 1.69. The zero-order valence-electron chi connectivity index (χ0n) is 18.4. The number of anilines is 1. The van der Waals surface area contributed by atoms with Gasteiger partial charge in [-0.25, -0.2) is 12.7 Å². The minimum Gasteiger partial charge on any atom is -0.355 e.